The fraction of sp³-hybridized carbons (Fsp3) is 0.385. The monoisotopic (exact) mass is 215 g/mol. The first-order valence-corrected chi connectivity index (χ1v) is 5.53. The number of hydrogen-bond acceptors (Lipinski definition) is 2. The molecule has 0 saturated carbocycles. The first-order valence-electron chi connectivity index (χ1n) is 5.53. The Morgan fingerprint density at radius 1 is 1.25 bits per heavy atom. The topological polar surface area (TPSA) is 30.7 Å². The Morgan fingerprint density at radius 3 is 2.50 bits per heavy atom. The molecule has 2 heterocycles. The number of imidazole rings is 1. The summed E-state index contributed by atoms with van der Waals surface area (Å²) in [4.78, 5) is 8.83. The second-order valence-electron chi connectivity index (χ2n) is 4.51. The van der Waals surface area contributed by atoms with E-state index in [2.05, 4.69) is 36.8 Å². The van der Waals surface area contributed by atoms with Crippen molar-refractivity contribution in [3.05, 3.63) is 35.9 Å². The molecule has 3 heteroatoms. The summed E-state index contributed by atoms with van der Waals surface area (Å²) in [6.45, 7) is 6.44. The zero-order chi connectivity index (χ0) is 11.7. The van der Waals surface area contributed by atoms with Crippen molar-refractivity contribution < 1.29 is 0 Å². The van der Waals surface area contributed by atoms with E-state index >= 15 is 0 Å². The third-order valence-electron chi connectivity index (χ3n) is 2.71. The van der Waals surface area contributed by atoms with Crippen LogP contribution < -0.4 is 0 Å². The first-order chi connectivity index (χ1) is 7.58. The van der Waals surface area contributed by atoms with Crippen molar-refractivity contribution >= 4 is 0 Å². The fourth-order valence-corrected chi connectivity index (χ4v) is 1.72. The lowest BCUT2D eigenvalue weighted by Crippen LogP contribution is -1.94. The summed E-state index contributed by atoms with van der Waals surface area (Å²) < 4.78 is 1.94. The highest BCUT2D eigenvalue weighted by molar-refractivity contribution is 5.58. The minimum absolute atomic E-state index is 0.518. The molecule has 2 rings (SSSR count). The fourth-order valence-electron chi connectivity index (χ4n) is 1.72. The minimum atomic E-state index is 0.518. The molecule has 0 spiro atoms. The van der Waals surface area contributed by atoms with Crippen LogP contribution in [0.4, 0.5) is 0 Å². The number of aryl methyl sites for hydroxylation is 2. The molecular weight excluding hydrogens is 198 g/mol. The van der Waals surface area contributed by atoms with Crippen LogP contribution in [0.2, 0.25) is 0 Å². The largest absolute Gasteiger partial charge is 0.340 e. The number of nitrogens with zero attached hydrogens (tertiary/aromatic N) is 3. The summed E-state index contributed by atoms with van der Waals surface area (Å²) >= 11 is 0. The Labute approximate surface area is 96.2 Å². The van der Waals surface area contributed by atoms with Gasteiger partial charge in [0.25, 0.3) is 0 Å². The summed E-state index contributed by atoms with van der Waals surface area (Å²) in [5, 5.41) is 0. The van der Waals surface area contributed by atoms with Crippen molar-refractivity contribution in [1.29, 1.82) is 0 Å². The summed E-state index contributed by atoms with van der Waals surface area (Å²) in [7, 11) is 1.97. The molecule has 0 fully saturated rings. The average molecular weight is 215 g/mol. The van der Waals surface area contributed by atoms with Gasteiger partial charge in [-0.1, -0.05) is 19.9 Å². The predicted molar refractivity (Wildman–Crippen MR) is 65.3 cm³/mol. The van der Waals surface area contributed by atoms with E-state index in [0.29, 0.717) is 5.92 Å². The van der Waals surface area contributed by atoms with Crippen molar-refractivity contribution in [2.24, 2.45) is 7.05 Å². The summed E-state index contributed by atoms with van der Waals surface area (Å²) in [5.74, 6) is 0.518. The zero-order valence-corrected chi connectivity index (χ0v) is 10.2. The van der Waals surface area contributed by atoms with E-state index in [1.54, 1.807) is 6.33 Å². The second kappa shape index (κ2) is 4.08. The van der Waals surface area contributed by atoms with Gasteiger partial charge in [0, 0.05) is 19.4 Å². The molecule has 3 nitrogen and oxygen atoms in total. The lowest BCUT2D eigenvalue weighted by Gasteiger charge is -2.08. The standard InChI is InChI=1S/C13H17N3/c1-9(2)11-5-10(3)13(14-6-11)12-7-16(4)8-15-12/h5-9H,1-4H3. The zero-order valence-electron chi connectivity index (χ0n) is 10.2. The first kappa shape index (κ1) is 10.9. The molecule has 0 aliphatic carbocycles. The normalized spacial score (nSPS) is 11.1. The highest BCUT2D eigenvalue weighted by Crippen LogP contribution is 2.22. The van der Waals surface area contributed by atoms with Crippen LogP contribution in [0.1, 0.15) is 30.9 Å². The molecule has 0 unspecified atom stereocenters. The van der Waals surface area contributed by atoms with Crippen LogP contribution in [-0.4, -0.2) is 14.5 Å². The van der Waals surface area contributed by atoms with Gasteiger partial charge in [-0.15, -0.1) is 0 Å². The smallest absolute Gasteiger partial charge is 0.107 e. The molecule has 2 aromatic heterocycles. The van der Waals surface area contributed by atoms with Gasteiger partial charge in [0.2, 0.25) is 0 Å². The third-order valence-corrected chi connectivity index (χ3v) is 2.71. The maximum Gasteiger partial charge on any atom is 0.107 e. The highest BCUT2D eigenvalue weighted by atomic mass is 15.0. The molecule has 0 radical (unpaired) electrons. The summed E-state index contributed by atoms with van der Waals surface area (Å²) in [5.41, 5.74) is 4.38. The van der Waals surface area contributed by atoms with Gasteiger partial charge < -0.3 is 4.57 Å². The van der Waals surface area contributed by atoms with Gasteiger partial charge in [-0.2, -0.15) is 0 Å². The lowest BCUT2D eigenvalue weighted by atomic mass is 10.0. The van der Waals surface area contributed by atoms with Gasteiger partial charge in [0.15, 0.2) is 0 Å². The van der Waals surface area contributed by atoms with E-state index in [1.165, 1.54) is 11.1 Å². The molecule has 2 aromatic rings. The van der Waals surface area contributed by atoms with Crippen molar-refractivity contribution in [3.63, 3.8) is 0 Å². The molecule has 0 aromatic carbocycles. The Hall–Kier alpha value is -1.64. The predicted octanol–water partition coefficient (Wildman–Crippen LogP) is 2.91. The van der Waals surface area contributed by atoms with Crippen LogP contribution in [0.25, 0.3) is 11.4 Å². The van der Waals surface area contributed by atoms with Gasteiger partial charge in [-0.25, -0.2) is 4.98 Å². The second-order valence-corrected chi connectivity index (χ2v) is 4.51. The molecule has 84 valence electrons. The molecule has 16 heavy (non-hydrogen) atoms. The molecule has 0 aliphatic heterocycles. The Kier molecular flexibility index (Phi) is 2.77. The maximum absolute atomic E-state index is 4.51. The van der Waals surface area contributed by atoms with E-state index in [-0.39, 0.29) is 0 Å². The third kappa shape index (κ3) is 1.98. The quantitative estimate of drug-likeness (QED) is 0.771. The Morgan fingerprint density at radius 2 is 2.00 bits per heavy atom. The molecule has 0 bridgehead atoms. The van der Waals surface area contributed by atoms with E-state index in [1.807, 2.05) is 24.0 Å². The minimum Gasteiger partial charge on any atom is -0.340 e. The van der Waals surface area contributed by atoms with Crippen molar-refractivity contribution in [3.8, 4) is 11.4 Å². The van der Waals surface area contributed by atoms with E-state index < -0.39 is 0 Å². The van der Waals surface area contributed by atoms with Gasteiger partial charge in [-0.3, -0.25) is 4.98 Å². The molecule has 0 amide bonds. The van der Waals surface area contributed by atoms with Crippen molar-refractivity contribution in [1.82, 2.24) is 14.5 Å². The Bertz CT molecular complexity index is 498. The summed E-state index contributed by atoms with van der Waals surface area (Å²) in [6.07, 6.45) is 5.73. The van der Waals surface area contributed by atoms with Gasteiger partial charge >= 0.3 is 0 Å². The van der Waals surface area contributed by atoms with Crippen LogP contribution in [0.5, 0.6) is 0 Å². The van der Waals surface area contributed by atoms with E-state index in [4.69, 9.17) is 0 Å². The van der Waals surface area contributed by atoms with Crippen LogP contribution in [0, 0.1) is 6.92 Å². The van der Waals surface area contributed by atoms with E-state index in [9.17, 15) is 0 Å². The summed E-state index contributed by atoms with van der Waals surface area (Å²) in [6, 6.07) is 2.20. The van der Waals surface area contributed by atoms with Gasteiger partial charge in [-0.05, 0) is 24.0 Å². The van der Waals surface area contributed by atoms with E-state index in [0.717, 1.165) is 11.4 Å². The molecule has 0 aliphatic rings. The van der Waals surface area contributed by atoms with Crippen LogP contribution in [-0.2, 0) is 7.05 Å². The average Bonchev–Trinajstić information content (AvgIpc) is 2.64. The molecule has 0 atom stereocenters. The van der Waals surface area contributed by atoms with Gasteiger partial charge in [0.1, 0.15) is 5.69 Å². The van der Waals surface area contributed by atoms with Crippen molar-refractivity contribution in [2.45, 2.75) is 26.7 Å². The van der Waals surface area contributed by atoms with Crippen LogP contribution in [0.3, 0.4) is 0 Å². The lowest BCUT2D eigenvalue weighted by molar-refractivity contribution is 0.856. The Balaban J connectivity index is 2.44. The SMILES string of the molecule is Cc1cc(C(C)C)cnc1-c1cn(C)cn1. The van der Waals surface area contributed by atoms with Crippen LogP contribution >= 0.6 is 0 Å². The number of hydrogen-bond donors (Lipinski definition) is 0. The van der Waals surface area contributed by atoms with Gasteiger partial charge in [0.05, 0.1) is 12.0 Å². The van der Waals surface area contributed by atoms with Crippen molar-refractivity contribution in [2.75, 3.05) is 0 Å². The number of rotatable bonds is 2. The molecule has 0 N–H and O–H groups in total. The van der Waals surface area contributed by atoms with Crippen LogP contribution in [0.15, 0.2) is 24.8 Å². The molecule has 0 saturated heterocycles. The number of pyridine rings is 1. The highest BCUT2D eigenvalue weighted by Gasteiger charge is 2.08. The molecular formula is C13H17N3. The number of aromatic nitrogens is 3. The maximum atomic E-state index is 4.51.